The average molecular weight is 244 g/mol. The number of hydrogen-bond donors (Lipinski definition) is 1. The largest absolute Gasteiger partial charge is 0.384 e. The molecule has 1 N–H and O–H groups in total. The van der Waals surface area contributed by atoms with Crippen molar-refractivity contribution in [2.75, 3.05) is 0 Å². The first-order valence-electron chi connectivity index (χ1n) is 6.14. The lowest BCUT2D eigenvalue weighted by Gasteiger charge is -2.26. The maximum absolute atomic E-state index is 10.3. The Labute approximate surface area is 106 Å². The average Bonchev–Trinajstić information content (AvgIpc) is 2.79. The van der Waals surface area contributed by atoms with Crippen LogP contribution < -0.4 is 0 Å². The summed E-state index contributed by atoms with van der Waals surface area (Å²) in [5, 5.41) is 14.3. The van der Waals surface area contributed by atoms with E-state index >= 15 is 0 Å². The standard InChI is InChI=1S/C15H16OS/c16-15(14-7-8-17-10-14)13-6-2-5-12(9-13)11-3-1-4-11/h2,5-11,15-16H,1,3-4H2. The summed E-state index contributed by atoms with van der Waals surface area (Å²) in [5.74, 6) is 0.727. The van der Waals surface area contributed by atoms with Crippen LogP contribution >= 0.6 is 11.3 Å². The molecule has 1 nitrogen and oxygen atoms in total. The topological polar surface area (TPSA) is 20.2 Å². The predicted octanol–water partition coefficient (Wildman–Crippen LogP) is 4.10. The van der Waals surface area contributed by atoms with Crippen molar-refractivity contribution in [3.05, 3.63) is 57.8 Å². The van der Waals surface area contributed by atoms with E-state index in [4.69, 9.17) is 0 Å². The zero-order valence-corrected chi connectivity index (χ0v) is 10.5. The molecule has 0 bridgehead atoms. The molecule has 0 amide bonds. The number of thiophene rings is 1. The lowest BCUT2D eigenvalue weighted by Crippen LogP contribution is -2.09. The van der Waals surface area contributed by atoms with Gasteiger partial charge in [0.25, 0.3) is 0 Å². The molecule has 1 unspecified atom stereocenters. The third kappa shape index (κ3) is 2.15. The first-order valence-corrected chi connectivity index (χ1v) is 7.09. The van der Waals surface area contributed by atoms with E-state index in [2.05, 4.69) is 18.2 Å². The van der Waals surface area contributed by atoms with Gasteiger partial charge in [0.2, 0.25) is 0 Å². The van der Waals surface area contributed by atoms with Crippen LogP contribution in [0, 0.1) is 0 Å². The van der Waals surface area contributed by atoms with Gasteiger partial charge in [-0.1, -0.05) is 30.7 Å². The summed E-state index contributed by atoms with van der Waals surface area (Å²) in [7, 11) is 0. The fourth-order valence-corrected chi connectivity index (χ4v) is 3.03. The van der Waals surface area contributed by atoms with Gasteiger partial charge in [-0.3, -0.25) is 0 Å². The fraction of sp³-hybridized carbons (Fsp3) is 0.333. The second-order valence-electron chi connectivity index (χ2n) is 4.76. The molecule has 0 spiro atoms. The summed E-state index contributed by atoms with van der Waals surface area (Å²) in [6, 6.07) is 10.4. The van der Waals surface area contributed by atoms with E-state index in [-0.39, 0.29) is 0 Å². The van der Waals surface area contributed by atoms with Gasteiger partial charge in [0.15, 0.2) is 0 Å². The van der Waals surface area contributed by atoms with Crippen molar-refractivity contribution in [1.82, 2.24) is 0 Å². The van der Waals surface area contributed by atoms with Crippen LogP contribution in [0.5, 0.6) is 0 Å². The molecule has 1 aromatic heterocycles. The second-order valence-corrected chi connectivity index (χ2v) is 5.54. The zero-order chi connectivity index (χ0) is 11.7. The molecule has 1 aliphatic rings. The maximum Gasteiger partial charge on any atom is 0.105 e. The minimum Gasteiger partial charge on any atom is -0.384 e. The molecule has 1 heterocycles. The van der Waals surface area contributed by atoms with Crippen molar-refractivity contribution in [1.29, 1.82) is 0 Å². The van der Waals surface area contributed by atoms with Crippen LogP contribution in [-0.4, -0.2) is 5.11 Å². The van der Waals surface area contributed by atoms with Gasteiger partial charge < -0.3 is 5.11 Å². The molecule has 1 aromatic carbocycles. The van der Waals surface area contributed by atoms with Gasteiger partial charge in [0.1, 0.15) is 6.10 Å². The van der Waals surface area contributed by atoms with E-state index in [1.807, 2.05) is 22.9 Å². The monoisotopic (exact) mass is 244 g/mol. The number of aliphatic hydroxyl groups is 1. The third-order valence-electron chi connectivity index (χ3n) is 3.66. The molecule has 3 rings (SSSR count). The summed E-state index contributed by atoms with van der Waals surface area (Å²) in [4.78, 5) is 0. The highest BCUT2D eigenvalue weighted by Gasteiger charge is 2.20. The maximum atomic E-state index is 10.3. The lowest BCUT2D eigenvalue weighted by molar-refractivity contribution is 0.220. The summed E-state index contributed by atoms with van der Waals surface area (Å²) in [6.45, 7) is 0. The Morgan fingerprint density at radius 2 is 2.06 bits per heavy atom. The quantitative estimate of drug-likeness (QED) is 0.862. The van der Waals surface area contributed by atoms with Crippen LogP contribution in [0.15, 0.2) is 41.1 Å². The van der Waals surface area contributed by atoms with Gasteiger partial charge in [-0.2, -0.15) is 11.3 Å². The minimum atomic E-state index is -0.471. The molecule has 2 heteroatoms. The first kappa shape index (κ1) is 11.0. The Morgan fingerprint density at radius 3 is 2.71 bits per heavy atom. The highest BCUT2D eigenvalue weighted by molar-refractivity contribution is 7.07. The van der Waals surface area contributed by atoms with E-state index in [0.717, 1.165) is 17.0 Å². The highest BCUT2D eigenvalue weighted by Crippen LogP contribution is 2.37. The SMILES string of the molecule is OC(c1ccsc1)c1cccc(C2CCC2)c1. The van der Waals surface area contributed by atoms with Crippen molar-refractivity contribution in [2.45, 2.75) is 31.3 Å². The first-order chi connectivity index (χ1) is 8.34. The van der Waals surface area contributed by atoms with Crippen molar-refractivity contribution >= 4 is 11.3 Å². The van der Waals surface area contributed by atoms with Gasteiger partial charge >= 0.3 is 0 Å². The summed E-state index contributed by atoms with van der Waals surface area (Å²) in [5.41, 5.74) is 3.41. The molecular formula is C15H16OS. The normalized spacial score (nSPS) is 17.7. The van der Waals surface area contributed by atoms with E-state index in [9.17, 15) is 5.11 Å². The van der Waals surface area contributed by atoms with Crippen LogP contribution in [0.1, 0.15) is 48.0 Å². The molecule has 0 radical (unpaired) electrons. The zero-order valence-electron chi connectivity index (χ0n) is 9.67. The Balaban J connectivity index is 1.87. The number of hydrogen-bond acceptors (Lipinski definition) is 2. The van der Waals surface area contributed by atoms with Crippen LogP contribution in [0.4, 0.5) is 0 Å². The van der Waals surface area contributed by atoms with Crippen molar-refractivity contribution in [3.63, 3.8) is 0 Å². The Hall–Kier alpha value is -1.12. The van der Waals surface area contributed by atoms with Gasteiger partial charge in [-0.25, -0.2) is 0 Å². The molecule has 1 saturated carbocycles. The van der Waals surface area contributed by atoms with E-state index in [0.29, 0.717) is 0 Å². The van der Waals surface area contributed by atoms with Crippen LogP contribution in [0.2, 0.25) is 0 Å². The molecule has 1 aliphatic carbocycles. The predicted molar refractivity (Wildman–Crippen MR) is 71.4 cm³/mol. The van der Waals surface area contributed by atoms with Crippen LogP contribution in [0.25, 0.3) is 0 Å². The van der Waals surface area contributed by atoms with Crippen LogP contribution in [-0.2, 0) is 0 Å². The van der Waals surface area contributed by atoms with Crippen molar-refractivity contribution < 1.29 is 5.11 Å². The van der Waals surface area contributed by atoms with Crippen molar-refractivity contribution in [3.8, 4) is 0 Å². The van der Waals surface area contributed by atoms with Gasteiger partial charge in [-0.15, -0.1) is 0 Å². The van der Waals surface area contributed by atoms with Crippen molar-refractivity contribution in [2.24, 2.45) is 0 Å². The lowest BCUT2D eigenvalue weighted by atomic mass is 9.79. The summed E-state index contributed by atoms with van der Waals surface area (Å²) in [6.07, 6.45) is 3.49. The van der Waals surface area contributed by atoms with E-state index in [1.54, 1.807) is 11.3 Å². The van der Waals surface area contributed by atoms with E-state index in [1.165, 1.54) is 24.8 Å². The number of benzene rings is 1. The third-order valence-corrected chi connectivity index (χ3v) is 4.36. The van der Waals surface area contributed by atoms with Gasteiger partial charge in [-0.05, 0) is 52.3 Å². The number of rotatable bonds is 3. The van der Waals surface area contributed by atoms with Gasteiger partial charge in [0.05, 0.1) is 0 Å². The molecule has 1 atom stereocenters. The van der Waals surface area contributed by atoms with Gasteiger partial charge in [0, 0.05) is 0 Å². The minimum absolute atomic E-state index is 0.471. The molecule has 88 valence electrons. The summed E-state index contributed by atoms with van der Waals surface area (Å²) >= 11 is 1.63. The number of aliphatic hydroxyl groups excluding tert-OH is 1. The van der Waals surface area contributed by atoms with E-state index < -0.39 is 6.10 Å². The molecule has 1 fully saturated rings. The molecule has 0 aliphatic heterocycles. The Bertz CT molecular complexity index is 485. The second kappa shape index (κ2) is 4.63. The molecular weight excluding hydrogens is 228 g/mol. The fourth-order valence-electron chi connectivity index (χ4n) is 2.35. The smallest absolute Gasteiger partial charge is 0.105 e. The Kier molecular flexibility index (Phi) is 3.00. The van der Waals surface area contributed by atoms with Crippen LogP contribution in [0.3, 0.4) is 0 Å². The highest BCUT2D eigenvalue weighted by atomic mass is 32.1. The molecule has 0 saturated heterocycles. The summed E-state index contributed by atoms with van der Waals surface area (Å²) < 4.78 is 0. The molecule has 2 aromatic rings. The Morgan fingerprint density at radius 1 is 1.18 bits per heavy atom. The molecule has 17 heavy (non-hydrogen) atoms.